The Labute approximate surface area is 289 Å². The van der Waals surface area contributed by atoms with Gasteiger partial charge in [0.2, 0.25) is 5.60 Å². The topological polar surface area (TPSA) is 116 Å². The predicted molar refractivity (Wildman–Crippen MR) is 190 cm³/mol. The number of aromatic nitrogens is 2. The highest BCUT2D eigenvalue weighted by Crippen LogP contribution is 2.65. The number of nitrogens with zero attached hydrogens (tertiary/aromatic N) is 3. The third kappa shape index (κ3) is 5.96. The molecular weight excluding hydrogens is 617 g/mol. The molecule has 1 saturated heterocycles. The van der Waals surface area contributed by atoms with Gasteiger partial charge >= 0.3 is 7.12 Å². The van der Waals surface area contributed by atoms with Crippen LogP contribution in [0.25, 0.3) is 10.9 Å². The van der Waals surface area contributed by atoms with Crippen molar-refractivity contribution < 1.29 is 23.7 Å². The molecule has 2 bridgehead atoms. The maximum Gasteiger partial charge on any atom is 0.481 e. The molecule has 3 aliphatic carbocycles. The molecule has 4 fully saturated rings. The van der Waals surface area contributed by atoms with Crippen molar-refractivity contribution in [2.75, 3.05) is 6.54 Å². The van der Waals surface area contributed by atoms with Crippen LogP contribution in [0.15, 0.2) is 59.9 Å². The van der Waals surface area contributed by atoms with Crippen molar-refractivity contribution in [3.63, 3.8) is 0 Å². The molecule has 2 aromatic carbocycles. The van der Waals surface area contributed by atoms with Gasteiger partial charge < -0.3 is 24.8 Å². The van der Waals surface area contributed by atoms with Gasteiger partial charge in [-0.2, -0.15) is 5.10 Å². The molecule has 0 spiro atoms. The summed E-state index contributed by atoms with van der Waals surface area (Å²) in [4.78, 5) is 34.0. The maximum atomic E-state index is 14.5. The molecule has 1 unspecified atom stereocenters. The molecule has 8 rings (SSSR count). The van der Waals surface area contributed by atoms with Crippen LogP contribution in [0.2, 0.25) is 0 Å². The highest BCUT2D eigenvalue weighted by atomic mass is 16.7. The smallest absolute Gasteiger partial charge is 0.404 e. The first kappa shape index (κ1) is 33.8. The number of hydrogen-bond donors (Lipinski definition) is 2. The molecular formula is C38H50BN5O5. The molecule has 0 radical (unpaired) electrons. The maximum absolute atomic E-state index is 14.5. The minimum absolute atomic E-state index is 0.0194. The van der Waals surface area contributed by atoms with Crippen molar-refractivity contribution in [2.45, 2.75) is 110 Å². The number of hydrogen-bond acceptors (Lipinski definition) is 7. The standard InChI is InChI=1S/C38H50BN5O5/c1-23(2)16-33(39-47-32-18-26-17-31(36(26,5)6)37(32,7)48-39)42-35(46)38(19-25-12-9-8-10-13-25)20-27(43-49-38)21-40-34(45)28-14-11-15-30-29(28)22-41-44(30)24(3)4/h8-15,22-24,26,31-33H,16-21H2,1-7H3,(H,40,45)(H,42,46)/t26-,31-,32+,33-,37-,38?/m0/s1. The molecule has 2 N–H and O–H groups in total. The largest absolute Gasteiger partial charge is 0.481 e. The summed E-state index contributed by atoms with van der Waals surface area (Å²) < 4.78 is 15.4. The molecule has 49 heavy (non-hydrogen) atoms. The third-order valence-corrected chi connectivity index (χ3v) is 11.8. The van der Waals surface area contributed by atoms with Crippen molar-refractivity contribution in [1.82, 2.24) is 20.4 Å². The Kier molecular flexibility index (Phi) is 8.67. The average molecular weight is 668 g/mol. The quantitative estimate of drug-likeness (QED) is 0.246. The van der Waals surface area contributed by atoms with Crippen LogP contribution in [-0.2, 0) is 25.4 Å². The van der Waals surface area contributed by atoms with Gasteiger partial charge in [0.1, 0.15) is 0 Å². The van der Waals surface area contributed by atoms with E-state index < -0.39 is 12.7 Å². The number of nitrogens with one attached hydrogen (secondary N) is 2. The van der Waals surface area contributed by atoms with Gasteiger partial charge in [-0.05, 0) is 80.9 Å². The van der Waals surface area contributed by atoms with Crippen LogP contribution in [0.1, 0.15) is 96.1 Å². The van der Waals surface area contributed by atoms with Crippen molar-refractivity contribution in [3.8, 4) is 0 Å². The van der Waals surface area contributed by atoms with Crippen LogP contribution in [-0.4, -0.2) is 64.2 Å². The van der Waals surface area contributed by atoms with Crippen molar-refractivity contribution in [1.29, 1.82) is 0 Å². The first-order chi connectivity index (χ1) is 23.3. The van der Waals surface area contributed by atoms with Gasteiger partial charge in [0, 0.05) is 24.3 Å². The van der Waals surface area contributed by atoms with E-state index in [0.29, 0.717) is 41.9 Å². The summed E-state index contributed by atoms with van der Waals surface area (Å²) in [6.07, 6.45) is 5.17. The molecule has 3 aromatic rings. The number of fused-ring (bicyclic) bond motifs is 1. The Hall–Kier alpha value is -3.70. The van der Waals surface area contributed by atoms with E-state index in [2.05, 4.69) is 69.4 Å². The third-order valence-electron chi connectivity index (χ3n) is 11.8. The molecule has 11 heteroatoms. The second-order valence-corrected chi connectivity index (χ2v) is 16.2. The number of amides is 2. The van der Waals surface area contributed by atoms with E-state index in [1.165, 1.54) is 6.42 Å². The molecule has 1 aromatic heterocycles. The number of oxime groups is 1. The Balaban J connectivity index is 1.07. The number of rotatable bonds is 11. The number of carbonyl (C=O) groups excluding carboxylic acids is 2. The molecule has 10 nitrogen and oxygen atoms in total. The van der Waals surface area contributed by atoms with Crippen molar-refractivity contribution >= 4 is 35.5 Å². The summed E-state index contributed by atoms with van der Waals surface area (Å²) in [7, 11) is -0.547. The SMILES string of the molecule is CC(C)C[C@H](NC(=O)C1(Cc2ccccc2)CC(CNC(=O)c2cccc3c2cnn3C(C)C)=NO1)B1O[C@@H]2C[C@@H]3C[C@@H](C3(C)C)[C@]2(C)O1. The molecule has 2 amide bonds. The van der Waals surface area contributed by atoms with Crippen LogP contribution in [0.3, 0.4) is 0 Å². The lowest BCUT2D eigenvalue weighted by Crippen LogP contribution is -2.65. The van der Waals surface area contributed by atoms with E-state index in [4.69, 9.17) is 14.1 Å². The fourth-order valence-electron chi connectivity index (χ4n) is 8.94. The summed E-state index contributed by atoms with van der Waals surface area (Å²) in [5.41, 5.74) is 1.57. The normalized spacial score (nSPS) is 29.0. The predicted octanol–water partition coefficient (Wildman–Crippen LogP) is 5.90. The van der Waals surface area contributed by atoms with E-state index in [9.17, 15) is 9.59 Å². The van der Waals surface area contributed by atoms with Crippen LogP contribution < -0.4 is 10.6 Å². The molecule has 260 valence electrons. The van der Waals surface area contributed by atoms with E-state index in [-0.39, 0.29) is 53.9 Å². The van der Waals surface area contributed by atoms with Crippen LogP contribution >= 0.6 is 0 Å². The van der Waals surface area contributed by atoms with Gasteiger partial charge in [-0.25, -0.2) is 0 Å². The lowest BCUT2D eigenvalue weighted by Gasteiger charge is -2.64. The van der Waals surface area contributed by atoms with E-state index in [1.54, 1.807) is 12.3 Å². The van der Waals surface area contributed by atoms with Gasteiger partial charge in [-0.15, -0.1) is 0 Å². The summed E-state index contributed by atoms with van der Waals surface area (Å²) in [5, 5.41) is 16.0. The second kappa shape index (κ2) is 12.6. The summed E-state index contributed by atoms with van der Waals surface area (Å²) in [6.45, 7) is 15.5. The van der Waals surface area contributed by atoms with E-state index in [1.807, 2.05) is 47.1 Å². The minimum atomic E-state index is -1.28. The van der Waals surface area contributed by atoms with E-state index >= 15 is 0 Å². The lowest BCUT2D eigenvalue weighted by molar-refractivity contribution is -0.199. The lowest BCUT2D eigenvalue weighted by atomic mass is 9.43. The highest BCUT2D eigenvalue weighted by molar-refractivity contribution is 6.48. The molecule has 6 atom stereocenters. The van der Waals surface area contributed by atoms with E-state index in [0.717, 1.165) is 22.9 Å². The van der Waals surface area contributed by atoms with Crippen LogP contribution in [0.4, 0.5) is 0 Å². The number of carbonyl (C=O) groups is 2. The van der Waals surface area contributed by atoms with Gasteiger partial charge in [-0.1, -0.05) is 69.2 Å². The first-order valence-electron chi connectivity index (χ1n) is 18.0. The Bertz CT molecular complexity index is 1760. The molecule has 3 saturated carbocycles. The average Bonchev–Trinajstić information content (AvgIpc) is 3.78. The molecule has 5 aliphatic rings. The summed E-state index contributed by atoms with van der Waals surface area (Å²) in [6, 6.07) is 15.6. The fraction of sp³-hybridized carbons (Fsp3) is 0.579. The van der Waals surface area contributed by atoms with Crippen LogP contribution in [0.5, 0.6) is 0 Å². The van der Waals surface area contributed by atoms with Crippen molar-refractivity contribution in [2.24, 2.45) is 28.3 Å². The van der Waals surface area contributed by atoms with Crippen LogP contribution in [0, 0.1) is 23.2 Å². The highest BCUT2D eigenvalue weighted by Gasteiger charge is 2.68. The molecule has 3 heterocycles. The summed E-state index contributed by atoms with van der Waals surface area (Å²) in [5.74, 6) is 0.518. The zero-order valence-electron chi connectivity index (χ0n) is 29.9. The molecule has 2 aliphatic heterocycles. The second-order valence-electron chi connectivity index (χ2n) is 16.2. The zero-order valence-corrected chi connectivity index (χ0v) is 29.9. The van der Waals surface area contributed by atoms with Gasteiger partial charge in [0.25, 0.3) is 11.8 Å². The monoisotopic (exact) mass is 667 g/mol. The Morgan fingerprint density at radius 1 is 1.04 bits per heavy atom. The van der Waals surface area contributed by atoms with Gasteiger partial charge in [-0.3, -0.25) is 14.3 Å². The zero-order chi connectivity index (χ0) is 34.7. The fourth-order valence-corrected chi connectivity index (χ4v) is 8.94. The van der Waals surface area contributed by atoms with Gasteiger partial charge in [0.05, 0.1) is 47.2 Å². The number of benzene rings is 2. The first-order valence-corrected chi connectivity index (χ1v) is 18.0. The minimum Gasteiger partial charge on any atom is -0.404 e. The Morgan fingerprint density at radius 3 is 2.53 bits per heavy atom. The Morgan fingerprint density at radius 2 is 1.82 bits per heavy atom. The van der Waals surface area contributed by atoms with Crippen molar-refractivity contribution in [3.05, 3.63) is 65.9 Å². The van der Waals surface area contributed by atoms with Gasteiger partial charge in [0.15, 0.2) is 0 Å². The summed E-state index contributed by atoms with van der Waals surface area (Å²) >= 11 is 0.